The van der Waals surface area contributed by atoms with E-state index in [9.17, 15) is 4.79 Å². The third kappa shape index (κ3) is 3.30. The molecule has 1 spiro atoms. The molecule has 3 aliphatic heterocycles. The number of hydrogen-bond acceptors (Lipinski definition) is 4. The van der Waals surface area contributed by atoms with Crippen LogP contribution in [0, 0.1) is 37.0 Å². The topological polar surface area (TPSA) is 46.5 Å². The van der Waals surface area contributed by atoms with Gasteiger partial charge in [0.05, 0.1) is 44.9 Å². The molecule has 32 heavy (non-hydrogen) atoms. The number of ether oxygens (including phenoxy) is 2. The van der Waals surface area contributed by atoms with Crippen LogP contribution >= 0.6 is 0 Å². The van der Waals surface area contributed by atoms with Crippen LogP contribution in [0.25, 0.3) is 0 Å². The predicted octanol–water partition coefficient (Wildman–Crippen LogP) is 2.54. The van der Waals surface area contributed by atoms with E-state index < -0.39 is 0 Å². The van der Waals surface area contributed by atoms with Crippen molar-refractivity contribution in [3.8, 4) is 0 Å². The van der Waals surface area contributed by atoms with Crippen molar-refractivity contribution in [1.29, 1.82) is 0 Å². The van der Waals surface area contributed by atoms with E-state index in [1.807, 2.05) is 0 Å². The fourth-order valence-electron chi connectivity index (χ4n) is 7.85. The molecule has 5 heteroatoms. The van der Waals surface area contributed by atoms with Gasteiger partial charge >= 0.3 is 5.97 Å². The monoisotopic (exact) mass is 439 g/mol. The number of quaternary nitrogens is 1. The van der Waals surface area contributed by atoms with E-state index in [1.54, 1.807) is 4.90 Å². The third-order valence-corrected chi connectivity index (χ3v) is 9.98. The van der Waals surface area contributed by atoms with Crippen molar-refractivity contribution in [3.05, 3.63) is 29.3 Å². The standard InChI is InChI=1S/C27H38N2O3/c1-18-6-4-7-22(19(18)2)29-12-10-28(11-13-29)16-21-20-14-24-26(3,15-23(20)32-25(21)30)8-5-9-27(24)17-31-27/h4,6-7,20-21,23-24H,5,8-17H2,1-3H3/p+1/t20-,21+,23+,24-,26+,27-/m1/s1. The fourth-order valence-corrected chi connectivity index (χ4v) is 7.85. The van der Waals surface area contributed by atoms with Crippen molar-refractivity contribution in [3.63, 3.8) is 0 Å². The Bertz CT molecular complexity index is 904. The summed E-state index contributed by atoms with van der Waals surface area (Å²) < 4.78 is 12.1. The zero-order valence-electron chi connectivity index (χ0n) is 20.0. The Balaban J connectivity index is 1.12. The molecule has 0 bridgehead atoms. The van der Waals surface area contributed by atoms with Crippen molar-refractivity contribution in [2.75, 3.05) is 44.2 Å². The predicted molar refractivity (Wildman–Crippen MR) is 124 cm³/mol. The highest BCUT2D eigenvalue weighted by molar-refractivity contribution is 5.75. The number of esters is 1. The Labute approximate surface area is 192 Å². The van der Waals surface area contributed by atoms with E-state index in [2.05, 4.69) is 43.9 Å². The summed E-state index contributed by atoms with van der Waals surface area (Å²) in [7, 11) is 0. The number of carbonyl (C=O) groups is 1. The van der Waals surface area contributed by atoms with Gasteiger partial charge in [-0.3, -0.25) is 4.79 Å². The maximum atomic E-state index is 13.0. The zero-order chi connectivity index (χ0) is 22.1. The Kier molecular flexibility index (Phi) is 4.89. The molecule has 6 rings (SSSR count). The van der Waals surface area contributed by atoms with Gasteiger partial charge < -0.3 is 19.3 Å². The first kappa shape index (κ1) is 21.0. The average molecular weight is 440 g/mol. The normalized spacial score (nSPS) is 41.3. The lowest BCUT2D eigenvalue weighted by molar-refractivity contribution is -0.903. The average Bonchev–Trinajstić information content (AvgIpc) is 3.47. The molecule has 3 heterocycles. The molecule has 174 valence electrons. The number of benzene rings is 1. The molecule has 2 aliphatic carbocycles. The molecular weight excluding hydrogens is 400 g/mol. The first-order valence-electron chi connectivity index (χ1n) is 12.9. The van der Waals surface area contributed by atoms with Crippen LogP contribution < -0.4 is 9.80 Å². The van der Waals surface area contributed by atoms with Crippen LogP contribution in [0.15, 0.2) is 18.2 Å². The van der Waals surface area contributed by atoms with Gasteiger partial charge in [-0.1, -0.05) is 19.1 Å². The number of rotatable bonds is 3. The van der Waals surface area contributed by atoms with Gasteiger partial charge in [0.1, 0.15) is 12.0 Å². The molecule has 5 aliphatic rings. The van der Waals surface area contributed by atoms with Gasteiger partial charge in [0, 0.05) is 11.6 Å². The lowest BCUT2D eigenvalue weighted by Gasteiger charge is -2.51. The first-order chi connectivity index (χ1) is 15.4. The van der Waals surface area contributed by atoms with Crippen LogP contribution in [0.1, 0.15) is 50.2 Å². The number of piperazine rings is 1. The van der Waals surface area contributed by atoms with E-state index >= 15 is 0 Å². The summed E-state index contributed by atoms with van der Waals surface area (Å²) in [6.07, 6.45) is 6.05. The van der Waals surface area contributed by atoms with E-state index in [-0.39, 0.29) is 29.0 Å². The summed E-state index contributed by atoms with van der Waals surface area (Å²) in [5.74, 6) is 1.16. The molecule has 0 radical (unpaired) electrons. The smallest absolute Gasteiger partial charge is 0.315 e. The lowest BCUT2D eigenvalue weighted by Crippen LogP contribution is -3.15. The largest absolute Gasteiger partial charge is 0.462 e. The molecule has 3 saturated heterocycles. The summed E-state index contributed by atoms with van der Waals surface area (Å²) in [6, 6.07) is 6.62. The number of fused-ring (bicyclic) bond motifs is 3. The number of carbonyl (C=O) groups excluding carboxylic acids is 1. The second-order valence-corrected chi connectivity index (χ2v) is 11.8. The molecule has 1 aromatic rings. The van der Waals surface area contributed by atoms with E-state index in [0.717, 1.165) is 52.2 Å². The van der Waals surface area contributed by atoms with Crippen molar-refractivity contribution in [2.24, 2.45) is 23.2 Å². The summed E-state index contributed by atoms with van der Waals surface area (Å²) in [5.41, 5.74) is 4.56. The maximum absolute atomic E-state index is 13.0. The SMILES string of the molecule is Cc1cccc(N2CC[NH+](C[C@@H]3C(=O)O[C@H]4C[C@]5(C)CCC[C@@]6(CO6)[C@@H]5C[C@@H]43)CC2)c1C. The first-order valence-corrected chi connectivity index (χ1v) is 12.9. The van der Waals surface area contributed by atoms with Crippen molar-refractivity contribution >= 4 is 11.7 Å². The minimum atomic E-state index is 0.0736. The summed E-state index contributed by atoms with van der Waals surface area (Å²) in [4.78, 5) is 17.1. The summed E-state index contributed by atoms with van der Waals surface area (Å²) >= 11 is 0. The molecular formula is C27H39N2O3+. The lowest BCUT2D eigenvalue weighted by atomic mass is 9.53. The highest BCUT2D eigenvalue weighted by Gasteiger charge is 2.65. The summed E-state index contributed by atoms with van der Waals surface area (Å²) in [6.45, 7) is 13.1. The Morgan fingerprint density at radius 3 is 2.72 bits per heavy atom. The van der Waals surface area contributed by atoms with Gasteiger partial charge in [0.25, 0.3) is 0 Å². The van der Waals surface area contributed by atoms with Gasteiger partial charge in [-0.05, 0) is 74.5 Å². The number of aryl methyl sites for hydroxylation is 1. The van der Waals surface area contributed by atoms with Gasteiger partial charge in [-0.2, -0.15) is 0 Å². The number of hydrogen-bond donors (Lipinski definition) is 1. The fraction of sp³-hybridized carbons (Fsp3) is 0.741. The zero-order valence-corrected chi connectivity index (χ0v) is 20.0. The van der Waals surface area contributed by atoms with Gasteiger partial charge in [0.15, 0.2) is 0 Å². The molecule has 0 amide bonds. The number of epoxide rings is 1. The van der Waals surface area contributed by atoms with Crippen LogP contribution in [-0.4, -0.2) is 57.0 Å². The second-order valence-electron chi connectivity index (χ2n) is 11.8. The van der Waals surface area contributed by atoms with Gasteiger partial charge in [-0.15, -0.1) is 0 Å². The molecule has 2 saturated carbocycles. The number of anilines is 1. The molecule has 5 nitrogen and oxygen atoms in total. The molecule has 6 atom stereocenters. The third-order valence-electron chi connectivity index (χ3n) is 9.98. The van der Waals surface area contributed by atoms with Crippen LogP contribution in [0.5, 0.6) is 0 Å². The van der Waals surface area contributed by atoms with Crippen LogP contribution in [0.4, 0.5) is 5.69 Å². The molecule has 1 aromatic carbocycles. The van der Waals surface area contributed by atoms with E-state index in [4.69, 9.17) is 9.47 Å². The minimum absolute atomic E-state index is 0.0736. The Hall–Kier alpha value is -1.59. The summed E-state index contributed by atoms with van der Waals surface area (Å²) in [5, 5.41) is 0. The number of nitrogens with one attached hydrogen (secondary N) is 1. The van der Waals surface area contributed by atoms with Crippen LogP contribution in [0.2, 0.25) is 0 Å². The van der Waals surface area contributed by atoms with Gasteiger partial charge in [-0.25, -0.2) is 0 Å². The van der Waals surface area contributed by atoms with Crippen molar-refractivity contribution in [2.45, 2.75) is 64.6 Å². The van der Waals surface area contributed by atoms with Crippen LogP contribution in [0.3, 0.4) is 0 Å². The van der Waals surface area contributed by atoms with Crippen molar-refractivity contribution < 1.29 is 19.2 Å². The van der Waals surface area contributed by atoms with Gasteiger partial charge in [0.2, 0.25) is 0 Å². The van der Waals surface area contributed by atoms with Crippen LogP contribution in [-0.2, 0) is 14.3 Å². The van der Waals surface area contributed by atoms with Crippen molar-refractivity contribution in [1.82, 2.24) is 0 Å². The second kappa shape index (κ2) is 7.46. The highest BCUT2D eigenvalue weighted by Crippen LogP contribution is 2.62. The molecule has 1 N–H and O–H groups in total. The molecule has 5 fully saturated rings. The van der Waals surface area contributed by atoms with E-state index in [1.165, 1.54) is 36.1 Å². The Morgan fingerprint density at radius 2 is 1.97 bits per heavy atom. The minimum Gasteiger partial charge on any atom is -0.462 e. The maximum Gasteiger partial charge on any atom is 0.315 e. The number of nitrogens with zero attached hydrogens (tertiary/aromatic N) is 1. The Morgan fingerprint density at radius 1 is 1.19 bits per heavy atom. The van der Waals surface area contributed by atoms with E-state index in [0.29, 0.717) is 11.8 Å². The molecule has 0 unspecified atom stereocenters. The highest BCUT2D eigenvalue weighted by atomic mass is 16.6. The quantitative estimate of drug-likeness (QED) is 0.581. The molecule has 0 aromatic heterocycles.